The fourth-order valence-electron chi connectivity index (χ4n) is 10.5. The number of likely N-dealkylation sites (N-methyl/N-ethyl adjacent to an activating group) is 1. The minimum absolute atomic E-state index is 0.0363. The number of Topliss-reactive ketones (excluding diaryl/α,β-unsaturated/α-hetero) is 1. The summed E-state index contributed by atoms with van der Waals surface area (Å²) in [5, 5.41) is 63.7. The number of para-hydroxylation sites is 1. The van der Waals surface area contributed by atoms with Gasteiger partial charge >= 0.3 is 0 Å². The highest BCUT2D eigenvalue weighted by Crippen LogP contribution is 2.22. The quantitative estimate of drug-likeness (QED) is 0.0115. The number of ketones is 1. The molecule has 2 saturated heterocycles. The fraction of sp³-hybridized carbons (Fsp3) is 0.525. The van der Waals surface area contributed by atoms with Gasteiger partial charge in [-0.2, -0.15) is 0 Å². The van der Waals surface area contributed by atoms with Crippen molar-refractivity contribution in [3.05, 3.63) is 84.1 Å². The number of aromatic amines is 2. The number of hydrogen-bond donors (Lipinski definition) is 17. The van der Waals surface area contributed by atoms with E-state index in [2.05, 4.69) is 68.1 Å². The number of H-pyrrole nitrogens is 2. The van der Waals surface area contributed by atoms with Crippen molar-refractivity contribution in [1.82, 2.24) is 73.0 Å². The topological polar surface area (TPSA) is 466 Å². The van der Waals surface area contributed by atoms with Crippen LogP contribution < -0.4 is 58.9 Å². The molecule has 4 aromatic rings. The molecular formula is C61H88N16O14. The number of phenols is 1. The number of carbonyl (C=O) groups excluding carboxylic acids is 10. The Morgan fingerprint density at radius 2 is 1.26 bits per heavy atom. The van der Waals surface area contributed by atoms with Crippen LogP contribution in [-0.4, -0.2) is 193 Å². The van der Waals surface area contributed by atoms with Crippen LogP contribution in [0.3, 0.4) is 0 Å². The highest BCUT2D eigenvalue weighted by atomic mass is 16.4. The Kier molecular flexibility index (Phi) is 28.3. The van der Waals surface area contributed by atoms with Gasteiger partial charge in [-0.25, -0.2) is 4.98 Å². The molecule has 9 atom stereocenters. The third-order valence-corrected chi connectivity index (χ3v) is 14.9. The number of aromatic nitrogens is 3. The van der Waals surface area contributed by atoms with Crippen LogP contribution in [0, 0.1) is 17.2 Å². The highest BCUT2D eigenvalue weighted by Gasteiger charge is 2.40. The van der Waals surface area contributed by atoms with Crippen LogP contribution in [0.2, 0.25) is 0 Å². The van der Waals surface area contributed by atoms with Gasteiger partial charge in [0.1, 0.15) is 60.1 Å². The first-order valence-corrected chi connectivity index (χ1v) is 30.4. The Labute approximate surface area is 526 Å². The zero-order chi connectivity index (χ0) is 66.9. The lowest BCUT2D eigenvalue weighted by Gasteiger charge is -2.31. The van der Waals surface area contributed by atoms with Gasteiger partial charge in [-0.15, -0.1) is 0 Å². The van der Waals surface area contributed by atoms with E-state index in [1.54, 1.807) is 45.2 Å². The number of aromatic hydroxyl groups is 1. The zero-order valence-electron chi connectivity index (χ0n) is 52.1. The van der Waals surface area contributed by atoms with Gasteiger partial charge in [0.15, 0.2) is 11.7 Å². The molecule has 496 valence electrons. The van der Waals surface area contributed by atoms with Gasteiger partial charge in [0, 0.05) is 82.1 Å². The normalized spacial score (nSPS) is 16.8. The Morgan fingerprint density at radius 1 is 0.714 bits per heavy atom. The molecule has 30 nitrogen and oxygen atoms in total. The molecule has 0 radical (unpaired) electrons. The molecular weight excluding hydrogens is 1180 g/mol. The highest BCUT2D eigenvalue weighted by molar-refractivity contribution is 6.08. The van der Waals surface area contributed by atoms with E-state index in [1.807, 2.05) is 19.9 Å². The van der Waals surface area contributed by atoms with Gasteiger partial charge in [0.25, 0.3) is 5.97 Å². The van der Waals surface area contributed by atoms with Gasteiger partial charge in [-0.1, -0.05) is 58.0 Å². The number of guanidine groups is 1. The van der Waals surface area contributed by atoms with E-state index < -0.39 is 114 Å². The lowest BCUT2D eigenvalue weighted by Crippen LogP contribution is -2.61. The number of amides is 9. The first kappa shape index (κ1) is 72.3. The van der Waals surface area contributed by atoms with Gasteiger partial charge in [0.05, 0.1) is 18.6 Å². The van der Waals surface area contributed by atoms with E-state index in [-0.39, 0.29) is 106 Å². The second-order valence-electron chi connectivity index (χ2n) is 23.3. The molecule has 2 aromatic carbocycles. The lowest BCUT2D eigenvalue weighted by molar-refractivity contribution is -0.142. The minimum atomic E-state index is -1.76. The van der Waals surface area contributed by atoms with Crippen LogP contribution in [0.4, 0.5) is 0 Å². The van der Waals surface area contributed by atoms with E-state index >= 15 is 0 Å². The first-order valence-electron chi connectivity index (χ1n) is 30.4. The van der Waals surface area contributed by atoms with E-state index in [0.717, 1.165) is 6.92 Å². The number of carboxylic acid groups (broad SMARTS) is 1. The summed E-state index contributed by atoms with van der Waals surface area (Å²) in [6.07, 6.45) is 5.58. The maximum atomic E-state index is 14.7. The monoisotopic (exact) mass is 1270 g/mol. The number of aliphatic hydroxyl groups excluding tert-OH is 1. The molecule has 2 aromatic heterocycles. The number of aliphatic hydroxyl groups is 1. The average Bonchev–Trinajstić information content (AvgIpc) is 1.89. The molecule has 0 spiro atoms. The predicted molar refractivity (Wildman–Crippen MR) is 333 cm³/mol. The number of fused-ring (bicyclic) bond motifs is 1. The molecule has 2 aliphatic heterocycles. The fourth-order valence-corrected chi connectivity index (χ4v) is 10.5. The minimum Gasteiger partial charge on any atom is -0.508 e. The SMILES string of the molecule is CC(=O)O.CCNC(=O)[C@@H]1CCCN1C(=O)[C@H](CCCNC(=N)N)NC(=O)[C@H](CC(C)C)NC(=O)[C@@H](CC(C)C)NC(=O)[C@H](Cc1ccc(O)cc1)NC(=O)[C@H](CO)NC(=O)[C@H](Cc1c[nH]c2ccccc12)NC(=O)[C@H](Cc1c[nH]cn1)NC(=O)[C@H]1NCCC1=O. The number of nitrogens with two attached hydrogens (primary N) is 1. The van der Waals surface area contributed by atoms with Crippen LogP contribution in [0.1, 0.15) is 103 Å². The number of aliphatic carboxylic acids is 1. The Bertz CT molecular complexity index is 3150. The standard InChI is InChI=1S/C59H84N16O12.C2H4O2/c1-6-63-56(85)47-14-10-22-75(47)58(87)40(13-9-20-65-59(60)61)68-50(79)41(23-32(2)3)69-51(80)42(24-33(4)5)70-52(81)43(25-34-15-17-37(77)18-16-34)71-55(84)46(30-76)74-53(82)44(26-35-28-66-39-12-8-7-11-38(35)39)72-54(83)45(27-36-29-62-31-67-36)73-57(86)49-48(78)19-21-64-49;1-2(3)4/h7-8,11-12,15-18,28-29,31-33,40-47,49,64,66,76-77H,6,9-10,13-14,19-27,30H2,1-5H3,(H,62,67)(H,63,85)(H,68,79)(H,69,80)(H,70,81)(H,71,84)(H,72,83)(H,73,86)(H,74,82)(H4,60,61,65);1H3,(H,3,4)/t40-,41-,42+,43-,44-,45-,46-,47-,49-;/m0./s1. The Morgan fingerprint density at radius 3 is 1.81 bits per heavy atom. The molecule has 30 heteroatoms. The molecule has 9 amide bonds. The average molecular weight is 1270 g/mol. The van der Waals surface area contributed by atoms with Crippen molar-refractivity contribution in [3.63, 3.8) is 0 Å². The van der Waals surface area contributed by atoms with Crippen molar-refractivity contribution in [2.24, 2.45) is 17.6 Å². The van der Waals surface area contributed by atoms with Crippen molar-refractivity contribution in [1.29, 1.82) is 5.41 Å². The molecule has 0 aliphatic carbocycles. The predicted octanol–water partition coefficient (Wildman–Crippen LogP) is -1.49. The Hall–Kier alpha value is -9.45. The van der Waals surface area contributed by atoms with E-state index in [4.69, 9.17) is 21.0 Å². The summed E-state index contributed by atoms with van der Waals surface area (Å²) in [6.45, 7) is 10.2. The number of rotatable bonds is 32. The van der Waals surface area contributed by atoms with Crippen molar-refractivity contribution in [3.8, 4) is 5.75 Å². The molecule has 4 heterocycles. The van der Waals surface area contributed by atoms with Gasteiger partial charge in [-0.3, -0.25) is 63.5 Å². The number of hydrogen-bond acceptors (Lipinski definition) is 16. The van der Waals surface area contributed by atoms with Crippen LogP contribution in [-0.2, 0) is 72.0 Å². The molecule has 0 saturated carbocycles. The summed E-state index contributed by atoms with van der Waals surface area (Å²) in [4.78, 5) is 161. The molecule has 0 unspecified atom stereocenters. The number of likely N-dealkylation sites (tertiary alicyclic amines) is 1. The third-order valence-electron chi connectivity index (χ3n) is 14.9. The Balaban J connectivity index is 0.00000365. The van der Waals surface area contributed by atoms with Crippen LogP contribution in [0.15, 0.2) is 67.3 Å². The zero-order valence-corrected chi connectivity index (χ0v) is 52.1. The van der Waals surface area contributed by atoms with E-state index in [9.17, 15) is 58.2 Å². The van der Waals surface area contributed by atoms with Gasteiger partial charge < -0.3 is 83.8 Å². The van der Waals surface area contributed by atoms with Crippen LogP contribution >= 0.6 is 0 Å². The largest absolute Gasteiger partial charge is 0.508 e. The summed E-state index contributed by atoms with van der Waals surface area (Å²) >= 11 is 0. The summed E-state index contributed by atoms with van der Waals surface area (Å²) in [6, 6.07) is 1.15. The number of phenolic OH excluding ortho intramolecular Hbond substituents is 1. The van der Waals surface area contributed by atoms with E-state index in [0.29, 0.717) is 47.1 Å². The number of carboxylic acids is 1. The molecule has 2 fully saturated rings. The number of nitrogens with one attached hydrogen (secondary N) is 13. The van der Waals surface area contributed by atoms with Crippen LogP contribution in [0.5, 0.6) is 5.75 Å². The van der Waals surface area contributed by atoms with Crippen LogP contribution in [0.25, 0.3) is 10.9 Å². The number of imidazole rings is 1. The summed E-state index contributed by atoms with van der Waals surface area (Å²) in [5.74, 6) is -8.76. The van der Waals surface area contributed by atoms with Crippen molar-refractivity contribution in [2.45, 2.75) is 160 Å². The first-order chi connectivity index (χ1) is 43.3. The number of benzene rings is 2. The maximum Gasteiger partial charge on any atom is 0.300 e. The molecule has 0 bridgehead atoms. The number of nitrogens with zero attached hydrogens (tertiary/aromatic N) is 2. The lowest BCUT2D eigenvalue weighted by atomic mass is 9.98. The molecule has 91 heavy (non-hydrogen) atoms. The second kappa shape index (κ2) is 35.7. The number of carbonyl (C=O) groups is 11. The second-order valence-corrected chi connectivity index (χ2v) is 23.3. The maximum absolute atomic E-state index is 14.7. The summed E-state index contributed by atoms with van der Waals surface area (Å²) < 4.78 is 0. The van der Waals surface area contributed by atoms with Crippen molar-refractivity contribution < 1.29 is 68.1 Å². The van der Waals surface area contributed by atoms with Gasteiger partial charge in [-0.05, 0) is 86.6 Å². The van der Waals surface area contributed by atoms with Gasteiger partial charge in [0.2, 0.25) is 53.2 Å². The summed E-state index contributed by atoms with van der Waals surface area (Å²) in [7, 11) is 0. The molecule has 18 N–H and O–H groups in total. The smallest absolute Gasteiger partial charge is 0.300 e. The van der Waals surface area contributed by atoms with E-state index in [1.165, 1.54) is 41.7 Å². The third kappa shape index (κ3) is 22.8. The molecule has 6 rings (SSSR count). The summed E-state index contributed by atoms with van der Waals surface area (Å²) in [5.41, 5.74) is 7.59. The molecule has 2 aliphatic rings. The van der Waals surface area contributed by atoms with Crippen molar-refractivity contribution >= 4 is 81.8 Å². The van der Waals surface area contributed by atoms with Crippen molar-refractivity contribution in [2.75, 3.05) is 32.8 Å².